The van der Waals surface area contributed by atoms with E-state index < -0.39 is 13.0 Å². The first-order valence-electron chi connectivity index (χ1n) is 6.25. The van der Waals surface area contributed by atoms with Gasteiger partial charge in [-0.05, 0) is 12.1 Å². The first-order valence-corrected chi connectivity index (χ1v) is 6.25. The van der Waals surface area contributed by atoms with Gasteiger partial charge < -0.3 is 19.7 Å². The molecule has 1 aromatic carbocycles. The van der Waals surface area contributed by atoms with Crippen LogP contribution in [0.4, 0.5) is 14.5 Å². The fourth-order valence-electron chi connectivity index (χ4n) is 2.05. The van der Waals surface area contributed by atoms with Crippen LogP contribution in [0.3, 0.4) is 0 Å². The van der Waals surface area contributed by atoms with Crippen LogP contribution in [0.1, 0.15) is 0 Å². The maximum Gasteiger partial charge on any atom is 0.272 e. The largest absolute Gasteiger partial charge is 0.497 e. The van der Waals surface area contributed by atoms with Gasteiger partial charge in [0.1, 0.15) is 18.1 Å². The number of halogens is 2. The third kappa shape index (κ3) is 3.70. The quantitative estimate of drug-likeness (QED) is 0.885. The Labute approximate surface area is 111 Å². The van der Waals surface area contributed by atoms with Crippen molar-refractivity contribution < 1.29 is 18.3 Å². The highest BCUT2D eigenvalue weighted by Crippen LogP contribution is 2.33. The van der Waals surface area contributed by atoms with Crippen LogP contribution >= 0.6 is 0 Å². The van der Waals surface area contributed by atoms with Gasteiger partial charge in [-0.1, -0.05) is 0 Å². The van der Waals surface area contributed by atoms with Crippen LogP contribution in [0.25, 0.3) is 0 Å². The van der Waals surface area contributed by atoms with Crippen LogP contribution in [0.5, 0.6) is 11.5 Å². The number of alkyl halides is 2. The molecular formula is C13H18F2N2O2. The highest BCUT2D eigenvalue weighted by atomic mass is 19.3. The molecule has 1 aliphatic rings. The van der Waals surface area contributed by atoms with E-state index in [0.29, 0.717) is 11.5 Å². The van der Waals surface area contributed by atoms with E-state index >= 15 is 0 Å². The predicted molar refractivity (Wildman–Crippen MR) is 69.6 cm³/mol. The first kappa shape index (κ1) is 13.9. The zero-order chi connectivity index (χ0) is 13.7. The highest BCUT2D eigenvalue weighted by Gasteiger charge is 2.17. The normalized spacial score (nSPS) is 15.7. The van der Waals surface area contributed by atoms with E-state index in [2.05, 4.69) is 10.2 Å². The second-order valence-corrected chi connectivity index (χ2v) is 4.27. The Morgan fingerprint density at radius 1 is 1.32 bits per heavy atom. The summed E-state index contributed by atoms with van der Waals surface area (Å²) in [5, 5.41) is 3.25. The number of piperazine rings is 1. The molecule has 0 atom stereocenters. The maximum atomic E-state index is 12.3. The molecule has 0 spiro atoms. The number of ether oxygens (including phenoxy) is 2. The van der Waals surface area contributed by atoms with E-state index in [1.807, 2.05) is 6.07 Å². The summed E-state index contributed by atoms with van der Waals surface area (Å²) in [4.78, 5) is 2.11. The number of hydrogen-bond donors (Lipinski definition) is 1. The van der Waals surface area contributed by atoms with E-state index in [4.69, 9.17) is 9.47 Å². The SMILES string of the molecule is COc1ccc(OCC(F)F)c(N2CCNCC2)c1. The second-order valence-electron chi connectivity index (χ2n) is 4.27. The molecule has 0 aromatic heterocycles. The van der Waals surface area contributed by atoms with Crippen molar-refractivity contribution >= 4 is 5.69 Å². The molecular weight excluding hydrogens is 254 g/mol. The van der Waals surface area contributed by atoms with E-state index in [9.17, 15) is 8.78 Å². The van der Waals surface area contributed by atoms with Crippen LogP contribution < -0.4 is 19.7 Å². The van der Waals surface area contributed by atoms with Crippen molar-refractivity contribution in [3.8, 4) is 11.5 Å². The van der Waals surface area contributed by atoms with Crippen molar-refractivity contribution in [2.24, 2.45) is 0 Å². The Kier molecular flexibility index (Phi) is 4.79. The van der Waals surface area contributed by atoms with Crippen molar-refractivity contribution in [3.05, 3.63) is 18.2 Å². The molecule has 0 unspecified atom stereocenters. The van der Waals surface area contributed by atoms with Gasteiger partial charge in [0.05, 0.1) is 12.8 Å². The van der Waals surface area contributed by atoms with E-state index in [-0.39, 0.29) is 0 Å². The molecule has 1 N–H and O–H groups in total. The van der Waals surface area contributed by atoms with Gasteiger partial charge in [-0.25, -0.2) is 8.78 Å². The fraction of sp³-hybridized carbons (Fsp3) is 0.538. The lowest BCUT2D eigenvalue weighted by atomic mass is 10.2. The second kappa shape index (κ2) is 6.56. The van der Waals surface area contributed by atoms with E-state index in [1.165, 1.54) is 0 Å². The molecule has 0 radical (unpaired) electrons. The van der Waals surface area contributed by atoms with Gasteiger partial charge in [0.25, 0.3) is 6.43 Å². The van der Waals surface area contributed by atoms with Crippen molar-refractivity contribution in [3.63, 3.8) is 0 Å². The van der Waals surface area contributed by atoms with Crippen LogP contribution in [0.15, 0.2) is 18.2 Å². The van der Waals surface area contributed by atoms with Gasteiger partial charge in [-0.15, -0.1) is 0 Å². The van der Waals surface area contributed by atoms with Crippen molar-refractivity contribution in [1.82, 2.24) is 5.32 Å². The lowest BCUT2D eigenvalue weighted by molar-refractivity contribution is 0.0820. The van der Waals surface area contributed by atoms with Crippen LogP contribution in [-0.4, -0.2) is 46.3 Å². The summed E-state index contributed by atoms with van der Waals surface area (Å²) in [5.41, 5.74) is 0.807. The molecule has 2 rings (SSSR count). The lowest BCUT2D eigenvalue weighted by Crippen LogP contribution is -2.43. The standard InChI is InChI=1S/C13H18F2N2O2/c1-18-10-2-3-12(19-9-13(14)15)11(8-10)17-6-4-16-5-7-17/h2-3,8,13,16H,4-7,9H2,1H3. The number of nitrogens with zero attached hydrogens (tertiary/aromatic N) is 1. The number of rotatable bonds is 5. The van der Waals surface area contributed by atoms with Gasteiger partial charge >= 0.3 is 0 Å². The monoisotopic (exact) mass is 272 g/mol. The van der Waals surface area contributed by atoms with Crippen LogP contribution in [0, 0.1) is 0 Å². The fourth-order valence-corrected chi connectivity index (χ4v) is 2.05. The lowest BCUT2D eigenvalue weighted by Gasteiger charge is -2.31. The minimum absolute atomic E-state index is 0.475. The molecule has 19 heavy (non-hydrogen) atoms. The van der Waals surface area contributed by atoms with Crippen molar-refractivity contribution in [2.45, 2.75) is 6.43 Å². The van der Waals surface area contributed by atoms with Crippen molar-refractivity contribution in [2.75, 3.05) is 44.8 Å². The molecule has 0 amide bonds. The Balaban J connectivity index is 2.19. The molecule has 1 heterocycles. The number of nitrogens with one attached hydrogen (secondary N) is 1. The van der Waals surface area contributed by atoms with Crippen molar-refractivity contribution in [1.29, 1.82) is 0 Å². The smallest absolute Gasteiger partial charge is 0.272 e. The number of anilines is 1. The summed E-state index contributed by atoms with van der Waals surface area (Å²) in [5.74, 6) is 1.17. The summed E-state index contributed by atoms with van der Waals surface area (Å²) in [7, 11) is 1.58. The van der Waals surface area contributed by atoms with E-state index in [1.54, 1.807) is 19.2 Å². The molecule has 6 heteroatoms. The van der Waals surface area contributed by atoms with Gasteiger partial charge in [0.2, 0.25) is 0 Å². The summed E-state index contributed by atoms with van der Waals surface area (Å²) in [6, 6.07) is 5.22. The summed E-state index contributed by atoms with van der Waals surface area (Å²) >= 11 is 0. The minimum atomic E-state index is -2.47. The molecule has 1 saturated heterocycles. The third-order valence-electron chi connectivity index (χ3n) is 2.99. The average molecular weight is 272 g/mol. The van der Waals surface area contributed by atoms with Crippen LogP contribution in [0.2, 0.25) is 0 Å². The number of methoxy groups -OCH3 is 1. The topological polar surface area (TPSA) is 33.7 Å². The number of benzene rings is 1. The van der Waals surface area contributed by atoms with Gasteiger partial charge in [0, 0.05) is 32.2 Å². The zero-order valence-corrected chi connectivity index (χ0v) is 10.9. The third-order valence-corrected chi connectivity index (χ3v) is 2.99. The predicted octanol–water partition coefficient (Wildman–Crippen LogP) is 1.75. The summed E-state index contributed by atoms with van der Waals surface area (Å²) < 4.78 is 34.9. The molecule has 1 fully saturated rings. The highest BCUT2D eigenvalue weighted by molar-refractivity contribution is 5.62. The molecule has 106 valence electrons. The average Bonchev–Trinajstić information content (AvgIpc) is 2.46. The molecule has 1 aromatic rings. The zero-order valence-electron chi connectivity index (χ0n) is 10.9. The van der Waals surface area contributed by atoms with Gasteiger partial charge in [-0.2, -0.15) is 0 Å². The molecule has 0 saturated carbocycles. The van der Waals surface area contributed by atoms with E-state index in [0.717, 1.165) is 31.9 Å². The summed E-state index contributed by atoms with van der Waals surface area (Å²) in [6.45, 7) is 2.78. The summed E-state index contributed by atoms with van der Waals surface area (Å²) in [6.07, 6.45) is -2.47. The molecule has 0 aliphatic carbocycles. The minimum Gasteiger partial charge on any atom is -0.497 e. The molecule has 4 nitrogen and oxygen atoms in total. The molecule has 1 aliphatic heterocycles. The first-order chi connectivity index (χ1) is 9.20. The van der Waals surface area contributed by atoms with Gasteiger partial charge in [-0.3, -0.25) is 0 Å². The van der Waals surface area contributed by atoms with Gasteiger partial charge in [0.15, 0.2) is 0 Å². The Bertz CT molecular complexity index is 410. The molecule has 0 bridgehead atoms. The Morgan fingerprint density at radius 2 is 2.05 bits per heavy atom. The number of hydrogen-bond acceptors (Lipinski definition) is 4. The maximum absolute atomic E-state index is 12.3. The van der Waals surface area contributed by atoms with Crippen LogP contribution in [-0.2, 0) is 0 Å². The Morgan fingerprint density at radius 3 is 2.68 bits per heavy atom. The Hall–Kier alpha value is -1.56.